The minimum atomic E-state index is -0.788. The molecule has 0 saturated heterocycles. The van der Waals surface area contributed by atoms with Gasteiger partial charge in [0.25, 0.3) is 0 Å². The summed E-state index contributed by atoms with van der Waals surface area (Å²) in [6, 6.07) is 4.30. The summed E-state index contributed by atoms with van der Waals surface area (Å²) in [7, 11) is 0. The van der Waals surface area contributed by atoms with E-state index in [-0.39, 0.29) is 0 Å². The Bertz CT molecular complexity index is 391. The first-order chi connectivity index (χ1) is 7.16. The molecule has 4 nitrogen and oxygen atoms in total. The van der Waals surface area contributed by atoms with Gasteiger partial charge in [0.15, 0.2) is 0 Å². The summed E-state index contributed by atoms with van der Waals surface area (Å²) in [5.41, 5.74) is 0.136. The molecule has 0 radical (unpaired) electrons. The first kappa shape index (κ1) is 9.89. The van der Waals surface area contributed by atoms with Crippen molar-refractivity contribution in [3.05, 3.63) is 34.1 Å². The van der Waals surface area contributed by atoms with Crippen LogP contribution < -0.4 is 5.32 Å². The summed E-state index contributed by atoms with van der Waals surface area (Å²) in [4.78, 5) is 9.65. The van der Waals surface area contributed by atoms with Crippen LogP contribution in [0.1, 0.15) is 19.3 Å². The number of nitrogens with zero attached hydrogens (tertiary/aromatic N) is 1. The van der Waals surface area contributed by atoms with Crippen molar-refractivity contribution in [1.29, 1.82) is 0 Å². The van der Waals surface area contributed by atoms with Crippen LogP contribution in [0.15, 0.2) is 18.2 Å². The molecule has 0 aliphatic heterocycles. The Kier molecular flexibility index (Phi) is 2.53. The predicted molar refractivity (Wildman–Crippen MR) is 54.3 cm³/mol. The van der Waals surface area contributed by atoms with E-state index in [1.165, 1.54) is 18.6 Å². The van der Waals surface area contributed by atoms with Crippen LogP contribution in [0, 0.1) is 15.9 Å². The number of nitrogens with one attached hydrogen (secondary N) is 1. The van der Waals surface area contributed by atoms with Gasteiger partial charge in [0.2, 0.25) is 5.82 Å². The van der Waals surface area contributed by atoms with Gasteiger partial charge in [0, 0.05) is 23.9 Å². The monoisotopic (exact) mass is 210 g/mol. The van der Waals surface area contributed by atoms with Gasteiger partial charge < -0.3 is 5.32 Å². The molecule has 15 heavy (non-hydrogen) atoms. The van der Waals surface area contributed by atoms with E-state index in [0.717, 1.165) is 12.8 Å². The van der Waals surface area contributed by atoms with Crippen molar-refractivity contribution < 1.29 is 9.31 Å². The number of rotatable bonds is 3. The predicted octanol–water partition coefficient (Wildman–Crippen LogP) is 2.70. The summed E-state index contributed by atoms with van der Waals surface area (Å²) in [6.07, 6.45) is 3.35. The van der Waals surface area contributed by atoms with Gasteiger partial charge in [-0.25, -0.2) is 0 Å². The zero-order valence-corrected chi connectivity index (χ0v) is 8.07. The lowest BCUT2D eigenvalue weighted by molar-refractivity contribution is -0.387. The quantitative estimate of drug-likeness (QED) is 0.616. The number of nitro benzene ring substituents is 1. The molecule has 0 aromatic heterocycles. The second-order valence-electron chi connectivity index (χ2n) is 3.70. The molecule has 0 amide bonds. The molecule has 0 bridgehead atoms. The van der Waals surface area contributed by atoms with Gasteiger partial charge in [0.1, 0.15) is 0 Å². The largest absolute Gasteiger partial charge is 0.382 e. The van der Waals surface area contributed by atoms with E-state index in [1.807, 2.05) is 0 Å². The fourth-order valence-corrected chi connectivity index (χ4v) is 1.53. The smallest absolute Gasteiger partial charge is 0.304 e. The van der Waals surface area contributed by atoms with Gasteiger partial charge in [-0.2, -0.15) is 4.39 Å². The molecule has 5 heteroatoms. The van der Waals surface area contributed by atoms with E-state index in [2.05, 4.69) is 5.32 Å². The Morgan fingerprint density at radius 3 is 2.67 bits per heavy atom. The zero-order valence-electron chi connectivity index (χ0n) is 8.07. The van der Waals surface area contributed by atoms with Crippen molar-refractivity contribution in [2.75, 3.05) is 5.32 Å². The van der Waals surface area contributed by atoms with E-state index in [4.69, 9.17) is 0 Å². The first-order valence-corrected chi connectivity index (χ1v) is 4.87. The third kappa shape index (κ3) is 2.06. The normalized spacial score (nSPS) is 15.8. The fraction of sp³-hybridized carbons (Fsp3) is 0.400. The maximum absolute atomic E-state index is 13.2. The van der Waals surface area contributed by atoms with E-state index in [0.29, 0.717) is 11.7 Å². The van der Waals surface area contributed by atoms with Gasteiger partial charge in [-0.05, 0) is 25.3 Å². The second-order valence-corrected chi connectivity index (χ2v) is 3.70. The van der Waals surface area contributed by atoms with Crippen LogP contribution in [-0.4, -0.2) is 11.0 Å². The average molecular weight is 210 g/mol. The second kappa shape index (κ2) is 3.84. The van der Waals surface area contributed by atoms with Crippen LogP contribution in [0.5, 0.6) is 0 Å². The zero-order chi connectivity index (χ0) is 10.8. The van der Waals surface area contributed by atoms with Crippen LogP contribution in [0.25, 0.3) is 0 Å². The molecule has 1 aliphatic carbocycles. The molecular weight excluding hydrogens is 199 g/mol. The molecule has 0 heterocycles. The lowest BCUT2D eigenvalue weighted by Gasteiger charge is -2.27. The number of hydrogen-bond acceptors (Lipinski definition) is 3. The minimum absolute atomic E-state index is 0.394. The molecule has 0 spiro atoms. The van der Waals surface area contributed by atoms with Crippen LogP contribution >= 0.6 is 0 Å². The molecular formula is C10H11FN2O2. The standard InChI is InChI=1S/C10H11FN2O2/c11-9-6-8(12-7-2-1-3-7)4-5-10(9)13(14)15/h4-7,12H,1-3H2. The van der Waals surface area contributed by atoms with Gasteiger partial charge in [-0.1, -0.05) is 0 Å². The molecule has 1 aromatic rings. The Hall–Kier alpha value is -1.65. The van der Waals surface area contributed by atoms with Crippen molar-refractivity contribution >= 4 is 11.4 Å². The van der Waals surface area contributed by atoms with Crippen molar-refractivity contribution in [2.24, 2.45) is 0 Å². The third-order valence-corrected chi connectivity index (χ3v) is 2.62. The lowest BCUT2D eigenvalue weighted by atomic mass is 9.93. The topological polar surface area (TPSA) is 55.2 Å². The number of hydrogen-bond donors (Lipinski definition) is 1. The van der Waals surface area contributed by atoms with Crippen LogP contribution in [0.4, 0.5) is 15.8 Å². The Balaban J connectivity index is 2.13. The molecule has 0 unspecified atom stereocenters. The van der Waals surface area contributed by atoms with Gasteiger partial charge in [-0.15, -0.1) is 0 Å². The molecule has 1 aromatic carbocycles. The van der Waals surface area contributed by atoms with Crippen molar-refractivity contribution in [2.45, 2.75) is 25.3 Å². The molecule has 1 saturated carbocycles. The maximum Gasteiger partial charge on any atom is 0.304 e. The summed E-state index contributed by atoms with van der Waals surface area (Å²) in [5, 5.41) is 13.5. The molecule has 80 valence electrons. The van der Waals surface area contributed by atoms with E-state index >= 15 is 0 Å². The van der Waals surface area contributed by atoms with E-state index < -0.39 is 16.4 Å². The van der Waals surface area contributed by atoms with Gasteiger partial charge in [-0.3, -0.25) is 10.1 Å². The highest BCUT2D eigenvalue weighted by Gasteiger charge is 2.19. The summed E-state index contributed by atoms with van der Waals surface area (Å²) < 4.78 is 13.2. The number of nitro groups is 1. The molecule has 1 N–H and O–H groups in total. The molecule has 1 aliphatic rings. The molecule has 2 rings (SSSR count). The summed E-state index contributed by atoms with van der Waals surface area (Å²) in [6.45, 7) is 0. The fourth-order valence-electron chi connectivity index (χ4n) is 1.53. The van der Waals surface area contributed by atoms with E-state index in [9.17, 15) is 14.5 Å². The Morgan fingerprint density at radius 2 is 2.20 bits per heavy atom. The van der Waals surface area contributed by atoms with E-state index in [1.54, 1.807) is 6.07 Å². The highest BCUT2D eigenvalue weighted by atomic mass is 19.1. The molecule has 0 atom stereocenters. The van der Waals surface area contributed by atoms with Crippen molar-refractivity contribution in [3.63, 3.8) is 0 Å². The van der Waals surface area contributed by atoms with Crippen LogP contribution in [0.3, 0.4) is 0 Å². The number of benzene rings is 1. The third-order valence-electron chi connectivity index (χ3n) is 2.62. The first-order valence-electron chi connectivity index (χ1n) is 4.87. The minimum Gasteiger partial charge on any atom is -0.382 e. The van der Waals surface area contributed by atoms with Crippen molar-refractivity contribution in [3.8, 4) is 0 Å². The summed E-state index contributed by atoms with van der Waals surface area (Å²) >= 11 is 0. The Morgan fingerprint density at radius 1 is 1.47 bits per heavy atom. The summed E-state index contributed by atoms with van der Waals surface area (Å²) in [5.74, 6) is -0.788. The lowest BCUT2D eigenvalue weighted by Crippen LogP contribution is -2.26. The van der Waals surface area contributed by atoms with Gasteiger partial charge in [0.05, 0.1) is 4.92 Å². The highest BCUT2D eigenvalue weighted by molar-refractivity contribution is 5.50. The molecule has 1 fully saturated rings. The maximum atomic E-state index is 13.2. The number of anilines is 1. The van der Waals surface area contributed by atoms with Crippen LogP contribution in [0.2, 0.25) is 0 Å². The number of halogens is 1. The SMILES string of the molecule is O=[N+]([O-])c1ccc(NC2CCC2)cc1F. The van der Waals surface area contributed by atoms with Crippen LogP contribution in [-0.2, 0) is 0 Å². The average Bonchev–Trinajstić information content (AvgIpc) is 2.11. The Labute approximate surface area is 86.3 Å². The van der Waals surface area contributed by atoms with Crippen molar-refractivity contribution in [1.82, 2.24) is 0 Å². The highest BCUT2D eigenvalue weighted by Crippen LogP contribution is 2.26. The van der Waals surface area contributed by atoms with Gasteiger partial charge >= 0.3 is 5.69 Å².